The number of halogens is 5. The van der Waals surface area contributed by atoms with Crippen LogP contribution in [-0.2, 0) is 17.9 Å². The second-order valence-electron chi connectivity index (χ2n) is 5.06. The molecular weight excluding hydrogens is 402 g/mol. The van der Waals surface area contributed by atoms with Crippen molar-refractivity contribution in [3.8, 4) is 5.75 Å². The van der Waals surface area contributed by atoms with Crippen LogP contribution in [-0.4, -0.2) is 32.8 Å². The Kier molecular flexibility index (Phi) is 6.68. The maximum atomic E-state index is 12.1. The van der Waals surface area contributed by atoms with Crippen molar-refractivity contribution < 1.29 is 27.6 Å². The van der Waals surface area contributed by atoms with Crippen LogP contribution in [0.4, 0.5) is 19.0 Å². The molecule has 0 radical (unpaired) electrons. The first-order valence-corrected chi connectivity index (χ1v) is 7.98. The highest BCUT2D eigenvalue weighted by Crippen LogP contribution is 2.23. The highest BCUT2D eigenvalue weighted by atomic mass is 35.5. The molecular formula is C14H12Cl2F3N3O4. The van der Waals surface area contributed by atoms with Gasteiger partial charge < -0.3 is 19.6 Å². The van der Waals surface area contributed by atoms with Crippen LogP contribution >= 0.6 is 23.2 Å². The summed E-state index contributed by atoms with van der Waals surface area (Å²) in [6.07, 6.45) is -4.14. The third-order valence-corrected chi connectivity index (χ3v) is 3.76. The molecule has 2 aromatic rings. The quantitative estimate of drug-likeness (QED) is 0.368. The molecule has 0 aliphatic heterocycles. The molecule has 0 N–H and O–H groups in total. The van der Waals surface area contributed by atoms with Gasteiger partial charge in [0.25, 0.3) is 0 Å². The minimum atomic E-state index is -4.76. The molecule has 1 aromatic heterocycles. The Morgan fingerprint density at radius 2 is 1.96 bits per heavy atom. The summed E-state index contributed by atoms with van der Waals surface area (Å²) in [7, 11) is 0. The Hall–Kier alpha value is -2.04. The smallest absolute Gasteiger partial charge is 0.406 e. The number of benzene rings is 1. The number of alkyl halides is 4. The van der Waals surface area contributed by atoms with E-state index >= 15 is 0 Å². The fourth-order valence-electron chi connectivity index (χ4n) is 1.96. The Balaban J connectivity index is 1.93. The summed E-state index contributed by atoms with van der Waals surface area (Å²) in [4.78, 5) is 13.6. The van der Waals surface area contributed by atoms with E-state index < -0.39 is 23.2 Å². The van der Waals surface area contributed by atoms with Gasteiger partial charge in [0.1, 0.15) is 11.9 Å². The van der Waals surface area contributed by atoms with E-state index in [1.54, 1.807) is 0 Å². The average Bonchev–Trinajstić information content (AvgIpc) is 2.92. The molecule has 2 rings (SSSR count). The lowest BCUT2D eigenvalue weighted by molar-refractivity contribution is -0.389. The van der Waals surface area contributed by atoms with Crippen molar-refractivity contribution in [1.82, 2.24) is 9.55 Å². The van der Waals surface area contributed by atoms with Gasteiger partial charge in [0.05, 0.1) is 25.1 Å². The van der Waals surface area contributed by atoms with E-state index in [4.69, 9.17) is 27.9 Å². The minimum absolute atomic E-state index is 0.0670. The lowest BCUT2D eigenvalue weighted by atomic mass is 10.2. The number of imidazole rings is 1. The number of nitro groups is 1. The molecule has 0 fully saturated rings. The molecule has 1 atom stereocenters. The average molecular weight is 414 g/mol. The summed E-state index contributed by atoms with van der Waals surface area (Å²) >= 11 is 11.6. The molecule has 0 aliphatic carbocycles. The van der Waals surface area contributed by atoms with Gasteiger partial charge in [0.2, 0.25) is 0 Å². The van der Waals surface area contributed by atoms with Crippen molar-refractivity contribution in [2.45, 2.75) is 25.6 Å². The molecule has 1 heterocycles. The van der Waals surface area contributed by atoms with Crippen molar-refractivity contribution in [2.75, 3.05) is 5.88 Å². The zero-order chi connectivity index (χ0) is 19.3. The second-order valence-corrected chi connectivity index (χ2v) is 5.70. The molecule has 1 aromatic carbocycles. The Morgan fingerprint density at radius 3 is 2.46 bits per heavy atom. The van der Waals surface area contributed by atoms with Crippen LogP contribution in [0.25, 0.3) is 0 Å². The fraction of sp³-hybridized carbons (Fsp3) is 0.357. The molecule has 0 spiro atoms. The van der Waals surface area contributed by atoms with E-state index in [9.17, 15) is 23.3 Å². The molecule has 0 saturated heterocycles. The Morgan fingerprint density at radius 1 is 1.31 bits per heavy atom. The van der Waals surface area contributed by atoms with Crippen LogP contribution in [0, 0.1) is 10.1 Å². The van der Waals surface area contributed by atoms with E-state index in [2.05, 4.69) is 9.72 Å². The van der Waals surface area contributed by atoms with Gasteiger partial charge in [0, 0.05) is 0 Å². The SMILES string of the molecule is O=[N+]([O-])c1cn(C[C@@H](CCl)OCc2ccc(OC(F)(F)F)cc2)c(Cl)n1. The van der Waals surface area contributed by atoms with E-state index in [0.29, 0.717) is 5.56 Å². The monoisotopic (exact) mass is 413 g/mol. The lowest BCUT2D eigenvalue weighted by Gasteiger charge is -2.16. The first kappa shape index (κ1) is 20.3. The molecule has 7 nitrogen and oxygen atoms in total. The lowest BCUT2D eigenvalue weighted by Crippen LogP contribution is -2.21. The normalized spacial score (nSPS) is 12.8. The van der Waals surface area contributed by atoms with Gasteiger partial charge in [-0.3, -0.25) is 4.57 Å². The highest BCUT2D eigenvalue weighted by molar-refractivity contribution is 6.28. The number of nitrogens with zero attached hydrogens (tertiary/aromatic N) is 3. The van der Waals surface area contributed by atoms with Crippen molar-refractivity contribution in [2.24, 2.45) is 0 Å². The van der Waals surface area contributed by atoms with Gasteiger partial charge in [-0.2, -0.15) is 0 Å². The molecule has 0 bridgehead atoms. The van der Waals surface area contributed by atoms with Crippen LogP contribution in [0.2, 0.25) is 5.28 Å². The first-order chi connectivity index (χ1) is 12.2. The summed E-state index contributed by atoms with van der Waals surface area (Å²) < 4.78 is 47.0. The Labute approximate surface area is 155 Å². The number of ether oxygens (including phenoxy) is 2. The fourth-order valence-corrected chi connectivity index (χ4v) is 2.35. The summed E-state index contributed by atoms with van der Waals surface area (Å²) in [5.74, 6) is -0.673. The van der Waals surface area contributed by atoms with E-state index in [1.807, 2.05) is 0 Å². The molecule has 142 valence electrons. The van der Waals surface area contributed by atoms with Gasteiger partial charge in [0.15, 0.2) is 0 Å². The van der Waals surface area contributed by atoms with Crippen molar-refractivity contribution in [3.63, 3.8) is 0 Å². The number of hydrogen-bond donors (Lipinski definition) is 0. The summed E-state index contributed by atoms with van der Waals surface area (Å²) in [6.45, 7) is 0.191. The highest BCUT2D eigenvalue weighted by Gasteiger charge is 2.31. The number of aromatic nitrogens is 2. The van der Waals surface area contributed by atoms with Crippen LogP contribution < -0.4 is 4.74 Å². The molecule has 0 unspecified atom stereocenters. The van der Waals surface area contributed by atoms with Crippen LogP contribution in [0.3, 0.4) is 0 Å². The molecule has 0 aliphatic rings. The van der Waals surface area contributed by atoms with Crippen LogP contribution in [0.1, 0.15) is 5.56 Å². The van der Waals surface area contributed by atoms with Gasteiger partial charge in [-0.15, -0.1) is 24.8 Å². The third kappa shape index (κ3) is 6.04. The van der Waals surface area contributed by atoms with Crippen molar-refractivity contribution >= 4 is 29.0 Å². The largest absolute Gasteiger partial charge is 0.573 e. The zero-order valence-corrected chi connectivity index (χ0v) is 14.5. The predicted molar refractivity (Wildman–Crippen MR) is 86.3 cm³/mol. The zero-order valence-electron chi connectivity index (χ0n) is 12.9. The van der Waals surface area contributed by atoms with Crippen molar-refractivity contribution in [3.05, 3.63) is 51.4 Å². The van der Waals surface area contributed by atoms with E-state index in [0.717, 1.165) is 18.3 Å². The van der Waals surface area contributed by atoms with Crippen molar-refractivity contribution in [1.29, 1.82) is 0 Å². The summed E-state index contributed by atoms with van der Waals surface area (Å²) in [6, 6.07) is 5.17. The number of rotatable bonds is 8. The molecule has 12 heteroatoms. The van der Waals surface area contributed by atoms with Crippen LogP contribution in [0.5, 0.6) is 5.75 Å². The van der Waals surface area contributed by atoms with Gasteiger partial charge in [-0.25, -0.2) is 0 Å². The van der Waals surface area contributed by atoms with Gasteiger partial charge in [-0.1, -0.05) is 12.1 Å². The maximum absolute atomic E-state index is 12.1. The summed E-state index contributed by atoms with van der Waals surface area (Å²) in [5, 5.41) is 10.6. The Bertz CT molecular complexity index is 753. The van der Waals surface area contributed by atoms with E-state index in [1.165, 1.54) is 16.7 Å². The van der Waals surface area contributed by atoms with Gasteiger partial charge >= 0.3 is 17.5 Å². The van der Waals surface area contributed by atoms with Crippen LogP contribution in [0.15, 0.2) is 30.5 Å². The molecule has 0 amide bonds. The topological polar surface area (TPSA) is 79.4 Å². The van der Waals surface area contributed by atoms with E-state index in [-0.39, 0.29) is 30.1 Å². The third-order valence-electron chi connectivity index (χ3n) is 3.12. The standard InChI is InChI=1S/C14H12Cl2F3N3O4/c15-5-11(6-21-7-12(22(23)24)20-13(21)16)25-8-9-1-3-10(4-2-9)26-14(17,18)19/h1-4,7,11H,5-6,8H2/t11-/m1/s1. The molecule has 0 saturated carbocycles. The number of hydrogen-bond acceptors (Lipinski definition) is 5. The first-order valence-electron chi connectivity index (χ1n) is 7.07. The molecule has 26 heavy (non-hydrogen) atoms. The minimum Gasteiger partial charge on any atom is -0.406 e. The van der Waals surface area contributed by atoms with Gasteiger partial charge in [-0.05, 0) is 39.2 Å². The second kappa shape index (κ2) is 8.56. The maximum Gasteiger partial charge on any atom is 0.573 e. The predicted octanol–water partition coefficient (Wildman–Crippen LogP) is 4.17. The summed E-state index contributed by atoms with van der Waals surface area (Å²) in [5.41, 5.74) is 0.595.